The number of hydrogen-bond donors (Lipinski definition) is 4. The Hall–Kier alpha value is -1.80. The van der Waals surface area contributed by atoms with E-state index in [1.54, 1.807) is 44.3 Å². The summed E-state index contributed by atoms with van der Waals surface area (Å²) < 4.78 is 5.24. The van der Waals surface area contributed by atoms with Gasteiger partial charge in [-0.05, 0) is 26.8 Å². The summed E-state index contributed by atoms with van der Waals surface area (Å²) in [5, 5.41) is 25.7. The number of nitrogens with one attached hydrogen (secondary N) is 2. The molecule has 2 atom stereocenters. The number of likely N-dealkylation sites (N-methyl/N-ethyl adjacent to an activating group) is 1. The second-order valence-electron chi connectivity index (χ2n) is 6.01. The minimum Gasteiger partial charge on any atom is -0.347 e. The lowest BCUT2D eigenvalue weighted by atomic mass is 10.1. The van der Waals surface area contributed by atoms with Gasteiger partial charge >= 0.3 is 5.97 Å². The van der Waals surface area contributed by atoms with Gasteiger partial charge in [0.25, 0.3) is 0 Å². The molecule has 1 rings (SSSR count). The van der Waals surface area contributed by atoms with E-state index in [-0.39, 0.29) is 24.1 Å². The lowest BCUT2D eigenvalue weighted by Gasteiger charge is -2.25. The molecule has 0 bridgehead atoms. The maximum atomic E-state index is 11.6. The zero-order chi connectivity index (χ0) is 18.7. The number of ether oxygens (including phenoxy) is 1. The van der Waals surface area contributed by atoms with Crippen LogP contribution in [-0.2, 0) is 20.3 Å². The van der Waals surface area contributed by atoms with E-state index in [0.29, 0.717) is 19.1 Å². The average molecular weight is 352 g/mol. The van der Waals surface area contributed by atoms with Crippen LogP contribution >= 0.6 is 0 Å². The number of aliphatic hydroxyl groups is 2. The minimum atomic E-state index is -2.33. The van der Waals surface area contributed by atoms with Gasteiger partial charge < -0.3 is 30.4 Å². The first-order valence-electron chi connectivity index (χ1n) is 8.45. The fourth-order valence-electron chi connectivity index (χ4n) is 2.30. The van der Waals surface area contributed by atoms with E-state index in [2.05, 4.69) is 10.6 Å². The molecular formula is C18H28N2O5. The summed E-state index contributed by atoms with van der Waals surface area (Å²) >= 11 is 0. The molecule has 1 aromatic rings. The minimum absolute atomic E-state index is 0.0700. The maximum absolute atomic E-state index is 11.6. The van der Waals surface area contributed by atoms with Gasteiger partial charge in [0, 0.05) is 18.0 Å². The largest absolute Gasteiger partial charge is 0.347 e. The van der Waals surface area contributed by atoms with Crippen LogP contribution in [0.1, 0.15) is 38.2 Å². The summed E-state index contributed by atoms with van der Waals surface area (Å²) in [6.07, 6.45) is 3.21. The Bertz CT molecular complexity index is 521. The lowest BCUT2D eigenvalue weighted by molar-refractivity contribution is -0.351. The molecule has 0 fully saturated rings. The summed E-state index contributed by atoms with van der Waals surface area (Å²) in [5.41, 5.74) is 0.269. The first-order valence-corrected chi connectivity index (χ1v) is 8.45. The third kappa shape index (κ3) is 8.22. The molecule has 0 saturated heterocycles. The summed E-state index contributed by atoms with van der Waals surface area (Å²) in [6.45, 7) is 1.74. The summed E-state index contributed by atoms with van der Waals surface area (Å²) in [7, 11) is 1.77. The third-order valence-electron chi connectivity index (χ3n) is 3.84. The molecule has 140 valence electrons. The predicted octanol–water partition coefficient (Wildman–Crippen LogP) is 0.650. The quantitative estimate of drug-likeness (QED) is 0.250. The molecule has 0 heterocycles. The van der Waals surface area contributed by atoms with Crippen LogP contribution < -0.4 is 10.6 Å². The molecule has 1 aromatic carbocycles. The van der Waals surface area contributed by atoms with E-state index in [1.807, 2.05) is 0 Å². The second kappa shape index (κ2) is 10.9. The number of carbonyl (C=O) groups excluding carboxylic acids is 2. The third-order valence-corrected chi connectivity index (χ3v) is 3.84. The second-order valence-corrected chi connectivity index (χ2v) is 6.01. The van der Waals surface area contributed by atoms with Crippen molar-refractivity contribution in [3.63, 3.8) is 0 Å². The Labute approximate surface area is 148 Å². The topological polar surface area (TPSA) is 108 Å². The van der Waals surface area contributed by atoms with Crippen LogP contribution in [0.5, 0.6) is 0 Å². The van der Waals surface area contributed by atoms with E-state index < -0.39 is 12.0 Å². The van der Waals surface area contributed by atoms with E-state index in [0.717, 1.165) is 12.8 Å². The van der Waals surface area contributed by atoms with Crippen LogP contribution in [0.2, 0.25) is 0 Å². The molecule has 0 spiro atoms. The van der Waals surface area contributed by atoms with Gasteiger partial charge in [0.2, 0.25) is 5.91 Å². The van der Waals surface area contributed by atoms with Gasteiger partial charge in [-0.3, -0.25) is 4.79 Å². The van der Waals surface area contributed by atoms with Crippen molar-refractivity contribution in [2.45, 2.75) is 50.7 Å². The number of amides is 1. The van der Waals surface area contributed by atoms with Crippen molar-refractivity contribution >= 4 is 12.2 Å². The molecule has 0 aromatic heterocycles. The van der Waals surface area contributed by atoms with Crippen LogP contribution in [0.4, 0.5) is 0 Å². The van der Waals surface area contributed by atoms with Crippen LogP contribution in [0, 0.1) is 0 Å². The van der Waals surface area contributed by atoms with Crippen molar-refractivity contribution in [1.82, 2.24) is 10.6 Å². The number of hydrogen-bond acceptors (Lipinski definition) is 6. The monoisotopic (exact) mass is 352 g/mol. The van der Waals surface area contributed by atoms with Crippen molar-refractivity contribution in [2.24, 2.45) is 0 Å². The molecule has 0 aliphatic rings. The van der Waals surface area contributed by atoms with E-state index >= 15 is 0 Å². The molecule has 0 aliphatic carbocycles. The molecule has 7 heteroatoms. The normalized spacial score (nSPS) is 13.9. The fourth-order valence-corrected chi connectivity index (χ4v) is 2.30. The zero-order valence-electron chi connectivity index (χ0n) is 14.8. The summed E-state index contributed by atoms with van der Waals surface area (Å²) in [4.78, 5) is 22.0. The highest BCUT2D eigenvalue weighted by molar-refractivity contribution is 5.79. The van der Waals surface area contributed by atoms with Crippen LogP contribution in [0.25, 0.3) is 0 Å². The first-order chi connectivity index (χ1) is 11.9. The molecule has 25 heavy (non-hydrogen) atoms. The standard InChI is InChI=1S/C18H28N2O5/c1-14(12-21)20-17(22)11-7-6-10-16(19-2)13-25-18(23,24)15-8-4-3-5-9-15/h3-5,8-9,12,14,16,19,23-24H,6-7,10-11,13H2,1-2H3,(H,20,22). The molecule has 7 nitrogen and oxygen atoms in total. The Balaban J connectivity index is 2.30. The van der Waals surface area contributed by atoms with Crippen molar-refractivity contribution in [3.05, 3.63) is 35.9 Å². The highest BCUT2D eigenvalue weighted by Gasteiger charge is 2.27. The highest BCUT2D eigenvalue weighted by Crippen LogP contribution is 2.19. The van der Waals surface area contributed by atoms with Gasteiger partial charge in [0.1, 0.15) is 6.29 Å². The van der Waals surface area contributed by atoms with Gasteiger partial charge in [-0.2, -0.15) is 0 Å². The van der Waals surface area contributed by atoms with Crippen molar-refractivity contribution in [3.8, 4) is 0 Å². The van der Waals surface area contributed by atoms with Gasteiger partial charge in [-0.15, -0.1) is 0 Å². The van der Waals surface area contributed by atoms with Crippen molar-refractivity contribution in [2.75, 3.05) is 13.7 Å². The Morgan fingerprint density at radius 2 is 1.96 bits per heavy atom. The summed E-state index contributed by atoms with van der Waals surface area (Å²) in [6, 6.07) is 7.80. The molecule has 0 saturated carbocycles. The first kappa shape index (κ1) is 21.2. The molecule has 4 N–H and O–H groups in total. The lowest BCUT2D eigenvalue weighted by Crippen LogP contribution is -2.37. The van der Waals surface area contributed by atoms with E-state index in [9.17, 15) is 19.8 Å². The Morgan fingerprint density at radius 1 is 1.28 bits per heavy atom. The van der Waals surface area contributed by atoms with Gasteiger partial charge in [-0.25, -0.2) is 0 Å². The number of benzene rings is 1. The van der Waals surface area contributed by atoms with Crippen LogP contribution in [0.15, 0.2) is 30.3 Å². The zero-order valence-corrected chi connectivity index (χ0v) is 14.8. The van der Waals surface area contributed by atoms with Gasteiger partial charge in [0.05, 0.1) is 12.6 Å². The van der Waals surface area contributed by atoms with Crippen molar-refractivity contribution in [1.29, 1.82) is 0 Å². The number of unbranched alkanes of at least 4 members (excludes halogenated alkanes) is 1. The maximum Gasteiger partial charge on any atom is 0.306 e. The number of carbonyl (C=O) groups is 2. The highest BCUT2D eigenvalue weighted by atomic mass is 16.8. The summed E-state index contributed by atoms with van der Waals surface area (Å²) in [5.74, 6) is -2.48. The van der Waals surface area contributed by atoms with E-state index in [4.69, 9.17) is 4.74 Å². The molecule has 2 unspecified atom stereocenters. The van der Waals surface area contributed by atoms with E-state index in [1.165, 1.54) is 0 Å². The molecular weight excluding hydrogens is 324 g/mol. The van der Waals surface area contributed by atoms with Crippen molar-refractivity contribution < 1.29 is 24.5 Å². The predicted molar refractivity (Wildman–Crippen MR) is 93.5 cm³/mol. The average Bonchev–Trinajstić information content (AvgIpc) is 2.61. The fraction of sp³-hybridized carbons (Fsp3) is 0.556. The molecule has 1 amide bonds. The molecule has 0 aliphatic heterocycles. The number of rotatable bonds is 12. The van der Waals surface area contributed by atoms with Crippen LogP contribution in [-0.4, -0.2) is 48.1 Å². The van der Waals surface area contributed by atoms with Crippen LogP contribution in [0.3, 0.4) is 0 Å². The molecule has 0 radical (unpaired) electrons. The van der Waals surface area contributed by atoms with Gasteiger partial charge in [-0.1, -0.05) is 36.8 Å². The Kier molecular flexibility index (Phi) is 9.30. The SMILES string of the molecule is CNC(CCCCC(=O)NC(C)C=O)COC(O)(O)c1ccccc1. The smallest absolute Gasteiger partial charge is 0.306 e. The number of aldehydes is 1. The van der Waals surface area contributed by atoms with Gasteiger partial charge in [0.15, 0.2) is 0 Å². The Morgan fingerprint density at radius 3 is 2.56 bits per heavy atom.